The number of aryl methyl sites for hydroxylation is 1. The van der Waals surface area contributed by atoms with Crippen LogP contribution in [0.25, 0.3) is 32.5 Å². The van der Waals surface area contributed by atoms with Gasteiger partial charge in [0.15, 0.2) is 5.76 Å². The maximum atomic E-state index is 13.0. The van der Waals surface area contributed by atoms with E-state index in [4.69, 9.17) is 33.4 Å². The third-order valence-corrected chi connectivity index (χ3v) is 7.07. The molecular formula is C26H17Cl2NO2S. The fourth-order valence-corrected chi connectivity index (χ4v) is 5.17. The molecule has 6 heteroatoms. The molecule has 0 aliphatic rings. The topological polar surface area (TPSA) is 56.2 Å². The predicted molar refractivity (Wildman–Crippen MR) is 134 cm³/mol. The lowest BCUT2D eigenvalue weighted by molar-refractivity contribution is 0.101. The summed E-state index contributed by atoms with van der Waals surface area (Å²) in [6.07, 6.45) is 0. The summed E-state index contributed by atoms with van der Waals surface area (Å²) in [5.74, 6) is -0.303. The summed E-state index contributed by atoms with van der Waals surface area (Å²) in [5, 5.41) is 3.50. The standard InChI is InChI=1S/C26H17Cl2NO2S/c1-14-10-11-32-26(14)16-4-2-15(3-5-16)17-6-8-20-22(12-17)31-25(23(20)29)24(30)19-9-7-18(27)13-21(19)28/h2-13H,29H2,1H3. The SMILES string of the molecule is Cc1ccsc1-c1ccc(-c2ccc3c(N)c(C(=O)c4ccc(Cl)cc4Cl)oc3c2)cc1. The van der Waals surface area contributed by atoms with Crippen LogP contribution in [0.1, 0.15) is 21.7 Å². The van der Waals surface area contributed by atoms with Crippen LogP contribution in [0.4, 0.5) is 5.69 Å². The van der Waals surface area contributed by atoms with E-state index < -0.39 is 0 Å². The second-order valence-corrected chi connectivity index (χ2v) is 9.28. The molecule has 5 aromatic rings. The van der Waals surface area contributed by atoms with Crippen LogP contribution in [-0.4, -0.2) is 5.78 Å². The summed E-state index contributed by atoms with van der Waals surface area (Å²) in [6.45, 7) is 2.12. The van der Waals surface area contributed by atoms with E-state index in [9.17, 15) is 4.79 Å². The molecule has 3 nitrogen and oxygen atoms in total. The highest BCUT2D eigenvalue weighted by atomic mass is 35.5. The molecule has 0 aliphatic heterocycles. The Balaban J connectivity index is 1.51. The first-order chi connectivity index (χ1) is 15.4. The summed E-state index contributed by atoms with van der Waals surface area (Å²) in [5.41, 5.74) is 11.9. The fourth-order valence-electron chi connectivity index (χ4n) is 3.74. The predicted octanol–water partition coefficient (Wildman–Crippen LogP) is 8.26. The van der Waals surface area contributed by atoms with Crippen molar-refractivity contribution in [2.75, 3.05) is 5.73 Å². The molecule has 3 aromatic carbocycles. The number of furan rings is 1. The Labute approximate surface area is 199 Å². The summed E-state index contributed by atoms with van der Waals surface area (Å²) >= 11 is 13.9. The Kier molecular flexibility index (Phi) is 5.30. The van der Waals surface area contributed by atoms with Crippen LogP contribution < -0.4 is 5.73 Å². The minimum Gasteiger partial charge on any atom is -0.450 e. The molecule has 0 spiro atoms. The van der Waals surface area contributed by atoms with Gasteiger partial charge in [0.25, 0.3) is 0 Å². The van der Waals surface area contributed by atoms with Gasteiger partial charge in [-0.1, -0.05) is 53.5 Å². The number of anilines is 1. The number of halogens is 2. The van der Waals surface area contributed by atoms with E-state index in [2.05, 4.69) is 42.6 Å². The lowest BCUT2D eigenvalue weighted by Crippen LogP contribution is -2.03. The van der Waals surface area contributed by atoms with Gasteiger partial charge in [0.1, 0.15) is 5.58 Å². The van der Waals surface area contributed by atoms with Crippen molar-refractivity contribution in [2.45, 2.75) is 6.92 Å². The van der Waals surface area contributed by atoms with E-state index in [1.807, 2.05) is 18.2 Å². The average molecular weight is 478 g/mol. The van der Waals surface area contributed by atoms with Gasteiger partial charge >= 0.3 is 0 Å². The Hall–Kier alpha value is -3.05. The Morgan fingerprint density at radius 1 is 0.906 bits per heavy atom. The van der Waals surface area contributed by atoms with Gasteiger partial charge in [-0.15, -0.1) is 11.3 Å². The zero-order valence-corrected chi connectivity index (χ0v) is 19.3. The van der Waals surface area contributed by atoms with Crippen LogP contribution in [-0.2, 0) is 0 Å². The van der Waals surface area contributed by atoms with Crippen LogP contribution in [0.3, 0.4) is 0 Å². The number of benzene rings is 3. The highest BCUT2D eigenvalue weighted by molar-refractivity contribution is 7.13. The van der Waals surface area contributed by atoms with Crippen LogP contribution in [0.5, 0.6) is 0 Å². The van der Waals surface area contributed by atoms with Crippen molar-refractivity contribution in [3.05, 3.63) is 99.0 Å². The zero-order valence-electron chi connectivity index (χ0n) is 17.0. The third-order valence-electron chi connectivity index (χ3n) is 5.45. The van der Waals surface area contributed by atoms with Crippen molar-refractivity contribution < 1.29 is 9.21 Å². The quantitative estimate of drug-likeness (QED) is 0.265. The summed E-state index contributed by atoms with van der Waals surface area (Å²) in [7, 11) is 0. The van der Waals surface area contributed by atoms with Crippen molar-refractivity contribution in [3.8, 4) is 21.6 Å². The monoisotopic (exact) mass is 477 g/mol. The van der Waals surface area contributed by atoms with Gasteiger partial charge in [0.2, 0.25) is 5.78 Å². The molecule has 0 fully saturated rings. The average Bonchev–Trinajstić information content (AvgIpc) is 3.36. The first-order valence-electron chi connectivity index (χ1n) is 9.89. The number of rotatable bonds is 4. The van der Waals surface area contributed by atoms with Crippen molar-refractivity contribution in [2.24, 2.45) is 0 Å². The first-order valence-corrected chi connectivity index (χ1v) is 11.5. The molecule has 158 valence electrons. The van der Waals surface area contributed by atoms with Gasteiger partial charge < -0.3 is 10.2 Å². The maximum absolute atomic E-state index is 13.0. The summed E-state index contributed by atoms with van der Waals surface area (Å²) in [4.78, 5) is 14.3. The van der Waals surface area contributed by atoms with Crippen LogP contribution in [0.15, 0.2) is 76.5 Å². The molecule has 2 heterocycles. The van der Waals surface area contributed by atoms with Gasteiger partial charge in [-0.2, -0.15) is 0 Å². The molecule has 0 saturated heterocycles. The van der Waals surface area contributed by atoms with Gasteiger partial charge in [0.05, 0.1) is 10.7 Å². The highest BCUT2D eigenvalue weighted by Crippen LogP contribution is 2.36. The second-order valence-electron chi connectivity index (χ2n) is 7.52. The number of ketones is 1. The molecule has 32 heavy (non-hydrogen) atoms. The number of nitrogen functional groups attached to an aromatic ring is 1. The molecule has 0 bridgehead atoms. The smallest absolute Gasteiger partial charge is 0.231 e. The van der Waals surface area contributed by atoms with Gasteiger partial charge in [0, 0.05) is 20.8 Å². The van der Waals surface area contributed by atoms with Crippen LogP contribution in [0.2, 0.25) is 10.0 Å². The minimum atomic E-state index is -0.377. The Bertz CT molecular complexity index is 1480. The zero-order chi connectivity index (χ0) is 22.4. The van der Waals surface area contributed by atoms with E-state index in [1.165, 1.54) is 22.1 Å². The highest BCUT2D eigenvalue weighted by Gasteiger charge is 2.22. The van der Waals surface area contributed by atoms with E-state index in [0.29, 0.717) is 27.2 Å². The molecule has 0 atom stereocenters. The van der Waals surface area contributed by atoms with E-state index in [-0.39, 0.29) is 16.6 Å². The lowest BCUT2D eigenvalue weighted by atomic mass is 10.0. The first kappa shape index (κ1) is 20.8. The van der Waals surface area contributed by atoms with Crippen molar-refractivity contribution in [1.82, 2.24) is 0 Å². The minimum absolute atomic E-state index is 0.0740. The number of fused-ring (bicyclic) bond motifs is 1. The van der Waals surface area contributed by atoms with Crippen LogP contribution in [0, 0.1) is 6.92 Å². The van der Waals surface area contributed by atoms with Crippen LogP contribution >= 0.6 is 34.5 Å². The largest absolute Gasteiger partial charge is 0.450 e. The van der Waals surface area contributed by atoms with E-state index in [1.54, 1.807) is 23.5 Å². The normalized spacial score (nSPS) is 11.2. The lowest BCUT2D eigenvalue weighted by Gasteiger charge is -2.05. The summed E-state index contributed by atoms with van der Waals surface area (Å²) < 4.78 is 5.90. The number of carbonyl (C=O) groups is 1. The number of nitrogens with two attached hydrogens (primary N) is 1. The van der Waals surface area contributed by atoms with Gasteiger partial charge in [-0.3, -0.25) is 4.79 Å². The van der Waals surface area contributed by atoms with Crippen molar-refractivity contribution in [3.63, 3.8) is 0 Å². The summed E-state index contributed by atoms with van der Waals surface area (Å²) in [6, 6.07) is 21.0. The molecule has 0 radical (unpaired) electrons. The molecular weight excluding hydrogens is 461 g/mol. The molecule has 0 aliphatic carbocycles. The molecule has 2 aromatic heterocycles. The molecule has 5 rings (SSSR count). The Morgan fingerprint density at radius 2 is 1.62 bits per heavy atom. The van der Waals surface area contributed by atoms with Gasteiger partial charge in [-0.25, -0.2) is 0 Å². The second kappa shape index (κ2) is 8.14. The Morgan fingerprint density at radius 3 is 2.31 bits per heavy atom. The number of hydrogen-bond donors (Lipinski definition) is 1. The molecule has 0 saturated carbocycles. The van der Waals surface area contributed by atoms with E-state index in [0.717, 1.165) is 11.1 Å². The third kappa shape index (κ3) is 3.61. The number of carbonyl (C=O) groups excluding carboxylic acids is 1. The number of thiophene rings is 1. The number of hydrogen-bond acceptors (Lipinski definition) is 4. The maximum Gasteiger partial charge on any atom is 0.231 e. The molecule has 0 unspecified atom stereocenters. The molecule has 2 N–H and O–H groups in total. The van der Waals surface area contributed by atoms with E-state index >= 15 is 0 Å². The molecule has 0 amide bonds. The van der Waals surface area contributed by atoms with Crippen molar-refractivity contribution >= 4 is 57.0 Å². The van der Waals surface area contributed by atoms with Crippen molar-refractivity contribution in [1.29, 1.82) is 0 Å². The van der Waals surface area contributed by atoms with Gasteiger partial charge in [-0.05, 0) is 71.0 Å². The fraction of sp³-hybridized carbons (Fsp3) is 0.0385.